The molecule has 1 unspecified atom stereocenters. The second-order valence-electron chi connectivity index (χ2n) is 9.31. The summed E-state index contributed by atoms with van der Waals surface area (Å²) >= 11 is 0. The molecule has 1 saturated heterocycles. The minimum absolute atomic E-state index is 0.112. The van der Waals surface area contributed by atoms with E-state index in [1.807, 2.05) is 16.8 Å². The van der Waals surface area contributed by atoms with Crippen LogP contribution in [0, 0.1) is 0 Å². The van der Waals surface area contributed by atoms with E-state index in [9.17, 15) is 8.42 Å². The fourth-order valence-electron chi connectivity index (χ4n) is 5.24. The molecule has 1 aliphatic heterocycles. The van der Waals surface area contributed by atoms with Gasteiger partial charge in [-0.2, -0.15) is 0 Å². The van der Waals surface area contributed by atoms with Crippen LogP contribution in [-0.4, -0.2) is 47.7 Å². The first-order chi connectivity index (χ1) is 15.4. The largest absolute Gasteiger partial charge is 0.297 e. The van der Waals surface area contributed by atoms with Gasteiger partial charge in [0.05, 0.1) is 23.7 Å². The van der Waals surface area contributed by atoms with Crippen LogP contribution in [-0.2, 0) is 28.6 Å². The number of fused-ring (bicyclic) bond motifs is 1. The van der Waals surface area contributed by atoms with Gasteiger partial charge in [0.1, 0.15) is 0 Å². The molecule has 32 heavy (non-hydrogen) atoms. The van der Waals surface area contributed by atoms with Crippen molar-refractivity contribution < 1.29 is 8.42 Å². The Morgan fingerprint density at radius 3 is 2.66 bits per heavy atom. The monoisotopic (exact) mass is 450 g/mol. The highest BCUT2D eigenvalue weighted by Crippen LogP contribution is 2.34. The van der Waals surface area contributed by atoms with Gasteiger partial charge in [-0.3, -0.25) is 4.90 Å². The maximum Gasteiger partial charge on any atom is 0.151 e. The van der Waals surface area contributed by atoms with Crippen molar-refractivity contribution >= 4 is 9.84 Å². The average molecular weight is 451 g/mol. The summed E-state index contributed by atoms with van der Waals surface area (Å²) in [5.41, 5.74) is 5.98. The number of aromatic nitrogens is 3. The lowest BCUT2D eigenvalue weighted by Crippen LogP contribution is -2.32. The first kappa shape index (κ1) is 21.3. The van der Waals surface area contributed by atoms with Gasteiger partial charge in [0, 0.05) is 12.8 Å². The Balaban J connectivity index is 1.18. The second-order valence-corrected chi connectivity index (χ2v) is 11.4. The Morgan fingerprint density at radius 1 is 1.03 bits per heavy atom. The van der Waals surface area contributed by atoms with Crippen LogP contribution in [0.3, 0.4) is 0 Å². The molecule has 3 aromatic rings. The van der Waals surface area contributed by atoms with Crippen LogP contribution >= 0.6 is 0 Å². The van der Waals surface area contributed by atoms with E-state index in [1.54, 1.807) is 0 Å². The van der Waals surface area contributed by atoms with Gasteiger partial charge in [0.25, 0.3) is 0 Å². The smallest absolute Gasteiger partial charge is 0.151 e. The molecule has 5 rings (SSSR count). The molecule has 1 aromatic heterocycles. The van der Waals surface area contributed by atoms with Crippen molar-refractivity contribution in [3.8, 4) is 0 Å². The summed E-state index contributed by atoms with van der Waals surface area (Å²) in [6, 6.07) is 17.1. The first-order valence-electron chi connectivity index (χ1n) is 11.4. The number of hydrogen-bond acceptors (Lipinski definition) is 5. The number of hydrogen-bond donors (Lipinski definition) is 0. The molecule has 0 N–H and O–H groups in total. The van der Waals surface area contributed by atoms with E-state index in [-0.39, 0.29) is 5.75 Å². The van der Waals surface area contributed by atoms with Gasteiger partial charge in [-0.05, 0) is 66.9 Å². The van der Waals surface area contributed by atoms with Crippen LogP contribution in [0.15, 0.2) is 54.7 Å². The highest BCUT2D eigenvalue weighted by molar-refractivity contribution is 7.89. The zero-order valence-electron chi connectivity index (χ0n) is 18.5. The summed E-state index contributed by atoms with van der Waals surface area (Å²) in [6.07, 6.45) is 7.76. The minimum Gasteiger partial charge on any atom is -0.297 e. The van der Waals surface area contributed by atoms with E-state index in [1.165, 1.54) is 22.9 Å². The van der Waals surface area contributed by atoms with E-state index < -0.39 is 9.84 Å². The lowest BCUT2D eigenvalue weighted by molar-refractivity contribution is 0.202. The van der Waals surface area contributed by atoms with Gasteiger partial charge in [0.15, 0.2) is 9.84 Å². The second kappa shape index (κ2) is 8.79. The zero-order valence-corrected chi connectivity index (χ0v) is 19.3. The molecule has 2 heterocycles. The molecular formula is C25H30N4O2S. The Hall–Kier alpha value is -2.51. The molecule has 1 aliphatic carbocycles. The summed E-state index contributed by atoms with van der Waals surface area (Å²) in [7, 11) is -3.01. The standard InChI is InChI=1S/C25H30N4O2S/c1-32(30,31)18-19-5-4-7-22(15-19)20-11-13-28(14-12-20)16-23-17-29(27-26-23)25-10-9-21-6-2-3-8-24(21)25/h2-8,15,17,20,25H,9-14,16,18H2,1H3. The molecule has 0 amide bonds. The predicted octanol–water partition coefficient (Wildman–Crippen LogP) is 3.74. The molecule has 0 saturated carbocycles. The van der Waals surface area contributed by atoms with Gasteiger partial charge in [0.2, 0.25) is 0 Å². The van der Waals surface area contributed by atoms with Gasteiger partial charge < -0.3 is 0 Å². The predicted molar refractivity (Wildman–Crippen MR) is 125 cm³/mol. The fraction of sp³-hybridized carbons (Fsp3) is 0.440. The van der Waals surface area contributed by atoms with E-state index in [0.717, 1.165) is 56.6 Å². The van der Waals surface area contributed by atoms with Gasteiger partial charge in [-0.1, -0.05) is 53.7 Å². The molecule has 1 fully saturated rings. The molecule has 1 atom stereocenters. The molecule has 2 aliphatic rings. The number of benzene rings is 2. The Kier molecular flexibility index (Phi) is 5.86. The normalized spacial score (nSPS) is 19.8. The van der Waals surface area contributed by atoms with Crippen molar-refractivity contribution in [3.63, 3.8) is 0 Å². The summed E-state index contributed by atoms with van der Waals surface area (Å²) in [5, 5.41) is 8.92. The number of aryl methyl sites for hydroxylation is 1. The van der Waals surface area contributed by atoms with Gasteiger partial charge in [-0.25, -0.2) is 13.1 Å². The van der Waals surface area contributed by atoms with Gasteiger partial charge >= 0.3 is 0 Å². The number of nitrogens with zero attached hydrogens (tertiary/aromatic N) is 4. The van der Waals surface area contributed by atoms with Crippen molar-refractivity contribution in [2.24, 2.45) is 0 Å². The quantitative estimate of drug-likeness (QED) is 0.572. The summed E-state index contributed by atoms with van der Waals surface area (Å²) < 4.78 is 25.3. The zero-order chi connectivity index (χ0) is 22.1. The summed E-state index contributed by atoms with van der Waals surface area (Å²) in [6.45, 7) is 2.86. The Bertz CT molecular complexity index is 1200. The summed E-state index contributed by atoms with van der Waals surface area (Å²) in [4.78, 5) is 2.45. The molecule has 168 valence electrons. The van der Waals surface area contributed by atoms with Crippen LogP contribution in [0.5, 0.6) is 0 Å². The average Bonchev–Trinajstić information content (AvgIpc) is 3.40. The van der Waals surface area contributed by atoms with Crippen LogP contribution < -0.4 is 0 Å². The van der Waals surface area contributed by atoms with E-state index in [2.05, 4.69) is 57.8 Å². The van der Waals surface area contributed by atoms with E-state index in [4.69, 9.17) is 0 Å². The van der Waals surface area contributed by atoms with E-state index in [0.29, 0.717) is 12.0 Å². The van der Waals surface area contributed by atoms with Crippen molar-refractivity contribution in [3.05, 3.63) is 82.7 Å². The fourth-order valence-corrected chi connectivity index (χ4v) is 6.03. The van der Waals surface area contributed by atoms with Gasteiger partial charge in [-0.15, -0.1) is 5.10 Å². The number of piperidine rings is 1. The van der Waals surface area contributed by atoms with Crippen LogP contribution in [0.1, 0.15) is 59.2 Å². The maximum absolute atomic E-state index is 11.6. The molecule has 0 spiro atoms. The van der Waals surface area contributed by atoms with Crippen molar-refractivity contribution in [1.82, 2.24) is 19.9 Å². The van der Waals surface area contributed by atoms with Crippen LogP contribution in [0.2, 0.25) is 0 Å². The Morgan fingerprint density at radius 2 is 1.84 bits per heavy atom. The molecule has 0 bridgehead atoms. The lowest BCUT2D eigenvalue weighted by atomic mass is 9.88. The third kappa shape index (κ3) is 4.79. The van der Waals surface area contributed by atoms with Crippen LogP contribution in [0.25, 0.3) is 0 Å². The first-order valence-corrected chi connectivity index (χ1v) is 13.5. The third-order valence-corrected chi connectivity index (χ3v) is 7.66. The van der Waals surface area contributed by atoms with E-state index >= 15 is 0 Å². The number of rotatable bonds is 6. The number of likely N-dealkylation sites (tertiary alicyclic amines) is 1. The SMILES string of the molecule is CS(=O)(=O)Cc1cccc(C2CCN(Cc3cn(C4CCc5ccccc54)nn3)CC2)c1. The minimum atomic E-state index is -3.01. The van der Waals surface area contributed by atoms with Crippen molar-refractivity contribution in [2.75, 3.05) is 19.3 Å². The van der Waals surface area contributed by atoms with Crippen molar-refractivity contribution in [2.45, 2.75) is 49.9 Å². The topological polar surface area (TPSA) is 68.1 Å². The lowest BCUT2D eigenvalue weighted by Gasteiger charge is -2.31. The summed E-state index contributed by atoms with van der Waals surface area (Å²) in [5.74, 6) is 0.595. The molecule has 7 heteroatoms. The molecule has 2 aromatic carbocycles. The van der Waals surface area contributed by atoms with Crippen molar-refractivity contribution in [1.29, 1.82) is 0 Å². The highest BCUT2D eigenvalue weighted by atomic mass is 32.2. The third-order valence-electron chi connectivity index (χ3n) is 6.80. The molecule has 0 radical (unpaired) electrons. The maximum atomic E-state index is 11.6. The molecular weight excluding hydrogens is 420 g/mol. The Labute approximate surface area is 190 Å². The molecule has 6 nitrogen and oxygen atoms in total. The highest BCUT2D eigenvalue weighted by Gasteiger charge is 2.26. The van der Waals surface area contributed by atoms with Crippen LogP contribution in [0.4, 0.5) is 0 Å². The number of sulfone groups is 1.